The highest BCUT2D eigenvalue weighted by molar-refractivity contribution is 5.61. The first-order valence-corrected chi connectivity index (χ1v) is 3.19. The largest absolute Gasteiger partial charge is 0.397 e. The van der Waals surface area contributed by atoms with E-state index in [2.05, 4.69) is 10.2 Å². The highest BCUT2D eigenvalue weighted by Crippen LogP contribution is 2.24. The van der Waals surface area contributed by atoms with Crippen LogP contribution in [0.4, 0.5) is 20.2 Å². The van der Waals surface area contributed by atoms with Gasteiger partial charge in [-0.05, 0) is 0 Å². The van der Waals surface area contributed by atoms with Crippen LogP contribution in [0.15, 0.2) is 22.4 Å². The lowest BCUT2D eigenvalue weighted by atomic mass is 10.2. The molecule has 5 heteroatoms. The molecule has 0 heterocycles. The van der Waals surface area contributed by atoms with Crippen LogP contribution in [0.1, 0.15) is 0 Å². The van der Waals surface area contributed by atoms with Crippen molar-refractivity contribution in [1.82, 2.24) is 0 Å². The second kappa shape index (κ2) is 3.25. The quantitative estimate of drug-likeness (QED) is 0.511. The number of benzene rings is 1. The minimum absolute atomic E-state index is 0.0690. The van der Waals surface area contributed by atoms with Gasteiger partial charge in [0.1, 0.15) is 5.69 Å². The average molecular weight is 171 g/mol. The fourth-order valence-corrected chi connectivity index (χ4v) is 0.746. The molecule has 0 bridgehead atoms. The number of halogens is 2. The van der Waals surface area contributed by atoms with E-state index >= 15 is 0 Å². The summed E-state index contributed by atoms with van der Waals surface area (Å²) in [7, 11) is 1.42. The Labute approximate surface area is 67.9 Å². The number of hydrogen-bond acceptors (Lipinski definition) is 3. The van der Waals surface area contributed by atoms with Crippen molar-refractivity contribution < 1.29 is 8.78 Å². The zero-order valence-corrected chi connectivity index (χ0v) is 6.38. The molecule has 0 aromatic heterocycles. The molecule has 1 rings (SSSR count). The van der Waals surface area contributed by atoms with Crippen LogP contribution in [0.2, 0.25) is 0 Å². The van der Waals surface area contributed by atoms with E-state index in [0.29, 0.717) is 0 Å². The van der Waals surface area contributed by atoms with E-state index in [4.69, 9.17) is 5.73 Å². The Morgan fingerprint density at radius 2 is 1.83 bits per heavy atom. The summed E-state index contributed by atoms with van der Waals surface area (Å²) in [5.74, 6) is -1.96. The smallest absolute Gasteiger partial charge is 0.161 e. The third-order valence-corrected chi connectivity index (χ3v) is 1.28. The van der Waals surface area contributed by atoms with E-state index in [1.807, 2.05) is 0 Å². The minimum atomic E-state index is -0.984. The van der Waals surface area contributed by atoms with E-state index in [0.717, 1.165) is 12.1 Å². The molecule has 1 aromatic rings. The molecule has 0 radical (unpaired) electrons. The van der Waals surface area contributed by atoms with Gasteiger partial charge in [0.05, 0.1) is 5.69 Å². The molecule has 0 aliphatic heterocycles. The topological polar surface area (TPSA) is 50.7 Å². The summed E-state index contributed by atoms with van der Waals surface area (Å²) < 4.78 is 25.0. The Hall–Kier alpha value is -1.52. The lowest BCUT2D eigenvalue weighted by Gasteiger charge is -1.98. The summed E-state index contributed by atoms with van der Waals surface area (Å²) in [5.41, 5.74) is 5.52. The molecule has 12 heavy (non-hydrogen) atoms. The Kier molecular flexibility index (Phi) is 2.32. The molecule has 1 aromatic carbocycles. The van der Waals surface area contributed by atoms with Crippen molar-refractivity contribution in [3.8, 4) is 0 Å². The summed E-state index contributed by atoms with van der Waals surface area (Å²) in [6, 6.07) is 1.77. The number of azo groups is 1. The first-order valence-electron chi connectivity index (χ1n) is 3.19. The SMILES string of the molecule is CN=Nc1cc(F)c(F)cc1N. The van der Waals surface area contributed by atoms with Gasteiger partial charge in [-0.2, -0.15) is 10.2 Å². The number of nitrogens with two attached hydrogens (primary N) is 1. The zero-order chi connectivity index (χ0) is 9.14. The monoisotopic (exact) mass is 171 g/mol. The van der Waals surface area contributed by atoms with Crippen LogP contribution in [0.25, 0.3) is 0 Å². The van der Waals surface area contributed by atoms with E-state index in [9.17, 15) is 8.78 Å². The Morgan fingerprint density at radius 3 is 2.42 bits per heavy atom. The molecule has 64 valence electrons. The van der Waals surface area contributed by atoms with Gasteiger partial charge in [0.2, 0.25) is 0 Å². The molecule has 0 saturated heterocycles. The molecular formula is C7H7F2N3. The number of rotatable bonds is 1. The summed E-state index contributed by atoms with van der Waals surface area (Å²) in [6.45, 7) is 0. The molecule has 0 unspecified atom stereocenters. The van der Waals surface area contributed by atoms with Gasteiger partial charge in [-0.25, -0.2) is 8.78 Å². The minimum Gasteiger partial charge on any atom is -0.397 e. The molecule has 0 aliphatic carbocycles. The molecule has 0 aliphatic rings. The molecule has 0 atom stereocenters. The van der Waals surface area contributed by atoms with Gasteiger partial charge in [0.15, 0.2) is 11.6 Å². The van der Waals surface area contributed by atoms with Gasteiger partial charge in [-0.15, -0.1) is 0 Å². The van der Waals surface area contributed by atoms with E-state index < -0.39 is 11.6 Å². The second-order valence-corrected chi connectivity index (χ2v) is 2.13. The normalized spacial score (nSPS) is 10.9. The fraction of sp³-hybridized carbons (Fsp3) is 0.143. The summed E-state index contributed by atoms with van der Waals surface area (Å²) in [4.78, 5) is 0. The molecule has 0 amide bonds. The van der Waals surface area contributed by atoms with Crippen molar-refractivity contribution in [2.75, 3.05) is 12.8 Å². The van der Waals surface area contributed by atoms with E-state index in [1.54, 1.807) is 0 Å². The van der Waals surface area contributed by atoms with Crippen molar-refractivity contribution in [1.29, 1.82) is 0 Å². The van der Waals surface area contributed by atoms with Gasteiger partial charge in [-0.3, -0.25) is 0 Å². The lowest BCUT2D eigenvalue weighted by Crippen LogP contribution is -1.90. The zero-order valence-electron chi connectivity index (χ0n) is 6.38. The summed E-state index contributed by atoms with van der Waals surface area (Å²) >= 11 is 0. The van der Waals surface area contributed by atoms with Crippen molar-refractivity contribution >= 4 is 11.4 Å². The molecule has 0 fully saturated rings. The molecule has 2 N–H and O–H groups in total. The second-order valence-electron chi connectivity index (χ2n) is 2.13. The first kappa shape index (κ1) is 8.58. The Bertz CT molecular complexity index is 323. The van der Waals surface area contributed by atoms with Gasteiger partial charge < -0.3 is 5.73 Å². The fourth-order valence-electron chi connectivity index (χ4n) is 0.746. The number of hydrogen-bond donors (Lipinski definition) is 1. The number of nitrogens with zero attached hydrogens (tertiary/aromatic N) is 2. The van der Waals surface area contributed by atoms with Crippen LogP contribution in [0.3, 0.4) is 0 Å². The van der Waals surface area contributed by atoms with Crippen LogP contribution >= 0.6 is 0 Å². The third-order valence-electron chi connectivity index (χ3n) is 1.28. The van der Waals surface area contributed by atoms with E-state index in [1.165, 1.54) is 7.05 Å². The van der Waals surface area contributed by atoms with Gasteiger partial charge >= 0.3 is 0 Å². The van der Waals surface area contributed by atoms with Crippen molar-refractivity contribution in [2.45, 2.75) is 0 Å². The number of nitrogen functional groups attached to an aromatic ring is 1. The van der Waals surface area contributed by atoms with Crippen LogP contribution in [0, 0.1) is 11.6 Å². The van der Waals surface area contributed by atoms with Crippen LogP contribution in [0.5, 0.6) is 0 Å². The molecule has 0 spiro atoms. The maximum atomic E-state index is 12.6. The van der Waals surface area contributed by atoms with Crippen molar-refractivity contribution in [3.05, 3.63) is 23.8 Å². The Morgan fingerprint density at radius 1 is 1.25 bits per heavy atom. The first-order chi connectivity index (χ1) is 5.65. The maximum absolute atomic E-state index is 12.6. The molecular weight excluding hydrogens is 164 g/mol. The van der Waals surface area contributed by atoms with Gasteiger partial charge in [0, 0.05) is 19.2 Å². The van der Waals surface area contributed by atoms with Crippen molar-refractivity contribution in [3.63, 3.8) is 0 Å². The summed E-state index contributed by atoms with van der Waals surface area (Å²) in [5, 5.41) is 6.89. The highest BCUT2D eigenvalue weighted by atomic mass is 19.2. The van der Waals surface area contributed by atoms with Crippen LogP contribution in [-0.2, 0) is 0 Å². The summed E-state index contributed by atoms with van der Waals surface area (Å²) in [6.07, 6.45) is 0. The molecule has 3 nitrogen and oxygen atoms in total. The highest BCUT2D eigenvalue weighted by Gasteiger charge is 2.06. The molecule has 0 saturated carbocycles. The Balaban J connectivity index is 3.23. The number of anilines is 1. The maximum Gasteiger partial charge on any atom is 0.161 e. The average Bonchev–Trinajstić information content (AvgIpc) is 2.01. The predicted molar refractivity (Wildman–Crippen MR) is 41.2 cm³/mol. The third kappa shape index (κ3) is 1.55. The predicted octanol–water partition coefficient (Wildman–Crippen LogP) is 2.26. The van der Waals surface area contributed by atoms with Crippen molar-refractivity contribution in [2.24, 2.45) is 10.2 Å². The van der Waals surface area contributed by atoms with Crippen LogP contribution in [-0.4, -0.2) is 7.05 Å². The van der Waals surface area contributed by atoms with Gasteiger partial charge in [0.25, 0.3) is 0 Å². The lowest BCUT2D eigenvalue weighted by molar-refractivity contribution is 0.509. The van der Waals surface area contributed by atoms with Crippen LogP contribution < -0.4 is 5.73 Å². The van der Waals surface area contributed by atoms with E-state index in [-0.39, 0.29) is 11.4 Å². The van der Waals surface area contributed by atoms with Gasteiger partial charge in [-0.1, -0.05) is 0 Å². The standard InChI is InChI=1S/C7H7F2N3/c1-11-12-7-3-5(9)4(8)2-6(7)10/h2-3H,10H2,1H3.